The Hall–Kier alpha value is -0.830. The van der Waals surface area contributed by atoms with E-state index in [0.29, 0.717) is 12.0 Å². The van der Waals surface area contributed by atoms with Gasteiger partial charge in [-0.25, -0.2) is 0 Å². The van der Waals surface area contributed by atoms with Gasteiger partial charge in [0, 0.05) is 24.3 Å². The lowest BCUT2D eigenvalue weighted by Gasteiger charge is -2.11. The molecule has 0 amide bonds. The molecule has 1 aromatic rings. The number of hydrogen-bond donors (Lipinski definition) is 1. The van der Waals surface area contributed by atoms with Gasteiger partial charge >= 0.3 is 0 Å². The quantitative estimate of drug-likeness (QED) is 0.780. The number of rotatable bonds is 6. The second-order valence-corrected chi connectivity index (χ2v) is 4.26. The van der Waals surface area contributed by atoms with Crippen LogP contribution in [0.3, 0.4) is 0 Å². The largest absolute Gasteiger partial charge is 0.313 e. The maximum Gasteiger partial charge on any atom is 0.0537 e. The van der Waals surface area contributed by atoms with Crippen LogP contribution in [0, 0.1) is 5.92 Å². The second-order valence-electron chi connectivity index (χ2n) is 4.26. The molecule has 15 heavy (non-hydrogen) atoms. The fraction of sp³-hybridized carbons (Fsp3) is 0.750. The Morgan fingerprint density at radius 1 is 1.40 bits per heavy atom. The molecule has 1 heterocycles. The molecular formula is C12H23N3. The van der Waals surface area contributed by atoms with Crippen molar-refractivity contribution in [1.29, 1.82) is 0 Å². The molecule has 0 saturated carbocycles. The van der Waals surface area contributed by atoms with E-state index in [1.54, 1.807) is 0 Å². The summed E-state index contributed by atoms with van der Waals surface area (Å²) in [4.78, 5) is 0. The molecule has 86 valence electrons. The Balaban J connectivity index is 2.63. The minimum atomic E-state index is 0.440. The highest BCUT2D eigenvalue weighted by atomic mass is 15.3. The van der Waals surface area contributed by atoms with Gasteiger partial charge in [-0.3, -0.25) is 4.68 Å². The van der Waals surface area contributed by atoms with Crippen LogP contribution in [0.5, 0.6) is 0 Å². The molecule has 1 aromatic heterocycles. The SMILES string of the molecule is CCC(C)Cn1cc(C(CC)NC)cn1. The van der Waals surface area contributed by atoms with Crippen LogP contribution in [0.1, 0.15) is 45.2 Å². The topological polar surface area (TPSA) is 29.9 Å². The Morgan fingerprint density at radius 2 is 2.13 bits per heavy atom. The zero-order valence-electron chi connectivity index (χ0n) is 10.3. The van der Waals surface area contributed by atoms with E-state index in [2.05, 4.69) is 42.1 Å². The molecule has 2 unspecified atom stereocenters. The lowest BCUT2D eigenvalue weighted by Crippen LogP contribution is -2.14. The predicted octanol–water partition coefficient (Wildman–Crippen LogP) is 2.60. The number of aromatic nitrogens is 2. The van der Waals surface area contributed by atoms with E-state index in [-0.39, 0.29) is 0 Å². The summed E-state index contributed by atoms with van der Waals surface area (Å²) in [5, 5.41) is 7.69. The molecule has 2 atom stereocenters. The summed E-state index contributed by atoms with van der Waals surface area (Å²) in [5.41, 5.74) is 1.29. The zero-order valence-corrected chi connectivity index (χ0v) is 10.3. The Kier molecular flexibility index (Phi) is 4.82. The summed E-state index contributed by atoms with van der Waals surface area (Å²) in [5.74, 6) is 0.701. The van der Waals surface area contributed by atoms with Crippen molar-refractivity contribution in [1.82, 2.24) is 15.1 Å². The Bertz CT molecular complexity index is 276. The van der Waals surface area contributed by atoms with Crippen molar-refractivity contribution in [2.75, 3.05) is 7.05 Å². The molecule has 0 aromatic carbocycles. The maximum absolute atomic E-state index is 4.40. The summed E-state index contributed by atoms with van der Waals surface area (Å²) in [6.45, 7) is 7.69. The lowest BCUT2D eigenvalue weighted by molar-refractivity contribution is 0.438. The standard InChI is InChI=1S/C12H23N3/c1-5-10(3)8-15-9-11(7-14-15)12(6-2)13-4/h7,9-10,12-13H,5-6,8H2,1-4H3. The average Bonchev–Trinajstić information content (AvgIpc) is 2.68. The van der Waals surface area contributed by atoms with Gasteiger partial charge in [0.15, 0.2) is 0 Å². The van der Waals surface area contributed by atoms with Gasteiger partial charge in [-0.2, -0.15) is 5.10 Å². The van der Waals surface area contributed by atoms with E-state index in [4.69, 9.17) is 0 Å². The third-order valence-corrected chi connectivity index (χ3v) is 3.01. The van der Waals surface area contributed by atoms with Crippen molar-refractivity contribution < 1.29 is 0 Å². The molecule has 3 nitrogen and oxygen atoms in total. The van der Waals surface area contributed by atoms with Crippen LogP contribution < -0.4 is 5.32 Å². The van der Waals surface area contributed by atoms with Crippen molar-refractivity contribution in [3.8, 4) is 0 Å². The van der Waals surface area contributed by atoms with Crippen LogP contribution in [0.25, 0.3) is 0 Å². The molecular weight excluding hydrogens is 186 g/mol. The van der Waals surface area contributed by atoms with Gasteiger partial charge < -0.3 is 5.32 Å². The third kappa shape index (κ3) is 3.34. The van der Waals surface area contributed by atoms with Crippen LogP contribution in [0.15, 0.2) is 12.4 Å². The van der Waals surface area contributed by atoms with Gasteiger partial charge in [0.05, 0.1) is 6.20 Å². The fourth-order valence-electron chi connectivity index (χ4n) is 1.71. The summed E-state index contributed by atoms with van der Waals surface area (Å²) in [7, 11) is 2.00. The van der Waals surface area contributed by atoms with Gasteiger partial charge in [-0.05, 0) is 19.4 Å². The molecule has 0 fully saturated rings. The smallest absolute Gasteiger partial charge is 0.0537 e. The first-order valence-electron chi connectivity index (χ1n) is 5.90. The summed E-state index contributed by atoms with van der Waals surface area (Å²) < 4.78 is 2.06. The molecule has 0 aliphatic carbocycles. The fourth-order valence-corrected chi connectivity index (χ4v) is 1.71. The van der Waals surface area contributed by atoms with Crippen LogP contribution in [0.2, 0.25) is 0 Å². The molecule has 0 saturated heterocycles. The molecule has 3 heteroatoms. The second kappa shape index (κ2) is 5.91. The average molecular weight is 209 g/mol. The van der Waals surface area contributed by atoms with E-state index in [1.165, 1.54) is 12.0 Å². The van der Waals surface area contributed by atoms with E-state index >= 15 is 0 Å². The minimum Gasteiger partial charge on any atom is -0.313 e. The van der Waals surface area contributed by atoms with E-state index in [9.17, 15) is 0 Å². The third-order valence-electron chi connectivity index (χ3n) is 3.01. The summed E-state index contributed by atoms with van der Waals surface area (Å²) >= 11 is 0. The first-order valence-corrected chi connectivity index (χ1v) is 5.90. The van der Waals surface area contributed by atoms with Crippen LogP contribution in [-0.4, -0.2) is 16.8 Å². The predicted molar refractivity (Wildman–Crippen MR) is 63.8 cm³/mol. The molecule has 0 aliphatic heterocycles. The van der Waals surface area contributed by atoms with Crippen LogP contribution >= 0.6 is 0 Å². The zero-order chi connectivity index (χ0) is 11.3. The Labute approximate surface area is 92.9 Å². The summed E-state index contributed by atoms with van der Waals surface area (Å²) in [6.07, 6.45) is 6.45. The first-order chi connectivity index (χ1) is 7.21. The molecule has 0 aliphatic rings. The summed E-state index contributed by atoms with van der Waals surface area (Å²) in [6, 6.07) is 0.440. The number of nitrogens with one attached hydrogen (secondary N) is 1. The van der Waals surface area contributed by atoms with Gasteiger partial charge in [-0.1, -0.05) is 27.2 Å². The maximum atomic E-state index is 4.40. The number of hydrogen-bond acceptors (Lipinski definition) is 2. The van der Waals surface area contributed by atoms with Gasteiger partial charge in [-0.15, -0.1) is 0 Å². The van der Waals surface area contributed by atoms with Gasteiger partial charge in [0.25, 0.3) is 0 Å². The highest BCUT2D eigenvalue weighted by molar-refractivity contribution is 5.09. The van der Waals surface area contributed by atoms with Gasteiger partial charge in [0.2, 0.25) is 0 Å². The van der Waals surface area contributed by atoms with Gasteiger partial charge in [0.1, 0.15) is 0 Å². The molecule has 0 bridgehead atoms. The van der Waals surface area contributed by atoms with Crippen LogP contribution in [-0.2, 0) is 6.54 Å². The van der Waals surface area contributed by atoms with Crippen molar-refractivity contribution in [3.05, 3.63) is 18.0 Å². The van der Waals surface area contributed by atoms with Crippen molar-refractivity contribution in [3.63, 3.8) is 0 Å². The van der Waals surface area contributed by atoms with Crippen molar-refractivity contribution in [2.45, 2.75) is 46.2 Å². The Morgan fingerprint density at radius 3 is 2.67 bits per heavy atom. The van der Waals surface area contributed by atoms with E-state index < -0.39 is 0 Å². The molecule has 0 radical (unpaired) electrons. The highest BCUT2D eigenvalue weighted by Gasteiger charge is 2.09. The molecule has 1 N–H and O–H groups in total. The minimum absolute atomic E-state index is 0.440. The normalized spacial score (nSPS) is 15.2. The molecule has 0 spiro atoms. The lowest BCUT2D eigenvalue weighted by atomic mass is 10.1. The van der Waals surface area contributed by atoms with E-state index in [1.807, 2.05) is 13.2 Å². The molecule has 1 rings (SSSR count). The highest BCUT2D eigenvalue weighted by Crippen LogP contribution is 2.15. The monoisotopic (exact) mass is 209 g/mol. The van der Waals surface area contributed by atoms with Crippen molar-refractivity contribution >= 4 is 0 Å². The van der Waals surface area contributed by atoms with E-state index in [0.717, 1.165) is 13.0 Å². The van der Waals surface area contributed by atoms with Crippen molar-refractivity contribution in [2.24, 2.45) is 5.92 Å². The first kappa shape index (κ1) is 12.2. The van der Waals surface area contributed by atoms with Crippen LogP contribution in [0.4, 0.5) is 0 Å². The number of nitrogens with zero attached hydrogens (tertiary/aromatic N) is 2.